The predicted molar refractivity (Wildman–Crippen MR) is 82.7 cm³/mol. The van der Waals surface area contributed by atoms with Crippen LogP contribution < -0.4 is 10.1 Å². The minimum atomic E-state index is -0.978. The Hall–Kier alpha value is -2.37. The highest BCUT2D eigenvalue weighted by Crippen LogP contribution is 2.17. The third-order valence-electron chi connectivity index (χ3n) is 3.39. The minimum Gasteiger partial charge on any atom is -0.497 e. The maximum atomic E-state index is 12.2. The molecule has 0 bridgehead atoms. The van der Waals surface area contributed by atoms with Crippen LogP contribution in [0.25, 0.3) is 0 Å². The Balaban J connectivity index is 2.07. The van der Waals surface area contributed by atoms with Gasteiger partial charge in [0.05, 0.1) is 19.8 Å². The number of amides is 1. The van der Waals surface area contributed by atoms with E-state index in [1.807, 2.05) is 6.07 Å². The van der Waals surface area contributed by atoms with Gasteiger partial charge in [0, 0.05) is 5.56 Å². The van der Waals surface area contributed by atoms with Crippen molar-refractivity contribution in [2.45, 2.75) is 12.1 Å². The maximum Gasteiger partial charge on any atom is 0.251 e. The molecular weight excluding hydrogens is 282 g/mol. The zero-order valence-electron chi connectivity index (χ0n) is 12.3. The van der Waals surface area contributed by atoms with Crippen LogP contribution in [-0.4, -0.2) is 35.9 Å². The summed E-state index contributed by atoms with van der Waals surface area (Å²) in [6, 6.07) is 14.7. The molecule has 0 spiro atoms. The third-order valence-corrected chi connectivity index (χ3v) is 3.39. The number of rotatable bonds is 6. The lowest BCUT2D eigenvalue weighted by Gasteiger charge is -2.22. The van der Waals surface area contributed by atoms with Crippen molar-refractivity contribution in [3.63, 3.8) is 0 Å². The van der Waals surface area contributed by atoms with Gasteiger partial charge in [-0.05, 0) is 29.8 Å². The largest absolute Gasteiger partial charge is 0.497 e. The monoisotopic (exact) mass is 301 g/mol. The van der Waals surface area contributed by atoms with Crippen LogP contribution in [0.1, 0.15) is 22.0 Å². The third kappa shape index (κ3) is 3.84. The van der Waals surface area contributed by atoms with Crippen LogP contribution >= 0.6 is 0 Å². The molecule has 3 N–H and O–H groups in total. The Morgan fingerprint density at radius 1 is 1.14 bits per heavy atom. The number of hydrogen-bond donors (Lipinski definition) is 3. The zero-order valence-corrected chi connectivity index (χ0v) is 12.3. The standard InChI is InChI=1S/C17H19NO4/c1-22-14-9-7-13(8-10-14)17(21)18-15(11-19)16(20)12-5-3-2-4-6-12/h2-10,15-16,19-20H,11H2,1H3,(H,18,21)/t15-,16-/m0/s1. The van der Waals surface area contributed by atoms with Gasteiger partial charge in [0.2, 0.25) is 0 Å². The highest BCUT2D eigenvalue weighted by molar-refractivity contribution is 5.94. The molecule has 0 saturated carbocycles. The Bertz CT molecular complexity index is 598. The molecule has 0 aliphatic rings. The molecule has 2 atom stereocenters. The van der Waals surface area contributed by atoms with Gasteiger partial charge < -0.3 is 20.3 Å². The van der Waals surface area contributed by atoms with Crippen molar-refractivity contribution in [1.82, 2.24) is 5.32 Å². The lowest BCUT2D eigenvalue weighted by Crippen LogP contribution is -2.41. The summed E-state index contributed by atoms with van der Waals surface area (Å²) in [6.07, 6.45) is -0.978. The van der Waals surface area contributed by atoms with Gasteiger partial charge in [-0.25, -0.2) is 0 Å². The molecule has 22 heavy (non-hydrogen) atoms. The fourth-order valence-corrected chi connectivity index (χ4v) is 2.10. The zero-order chi connectivity index (χ0) is 15.9. The lowest BCUT2D eigenvalue weighted by molar-refractivity contribution is 0.0703. The highest BCUT2D eigenvalue weighted by atomic mass is 16.5. The lowest BCUT2D eigenvalue weighted by atomic mass is 10.0. The molecule has 0 aromatic heterocycles. The maximum absolute atomic E-state index is 12.2. The van der Waals surface area contributed by atoms with Crippen LogP contribution in [0.2, 0.25) is 0 Å². The molecule has 5 heteroatoms. The number of benzene rings is 2. The fourth-order valence-electron chi connectivity index (χ4n) is 2.10. The summed E-state index contributed by atoms with van der Waals surface area (Å²) in [5, 5.41) is 22.3. The number of carbonyl (C=O) groups excluding carboxylic acids is 1. The second-order valence-electron chi connectivity index (χ2n) is 4.85. The van der Waals surface area contributed by atoms with Crippen LogP contribution in [0.4, 0.5) is 0 Å². The number of aliphatic hydroxyl groups excluding tert-OH is 2. The SMILES string of the molecule is COc1ccc(C(=O)N[C@@H](CO)[C@@H](O)c2ccccc2)cc1. The van der Waals surface area contributed by atoms with Crippen molar-refractivity contribution >= 4 is 5.91 Å². The van der Waals surface area contributed by atoms with Crippen molar-refractivity contribution in [1.29, 1.82) is 0 Å². The normalized spacial score (nSPS) is 13.2. The summed E-state index contributed by atoms with van der Waals surface area (Å²) in [5.74, 6) is 0.288. The number of hydrogen-bond acceptors (Lipinski definition) is 4. The summed E-state index contributed by atoms with van der Waals surface area (Å²) < 4.78 is 5.04. The van der Waals surface area contributed by atoms with Crippen LogP contribution in [0, 0.1) is 0 Å². The molecule has 0 saturated heterocycles. The molecule has 5 nitrogen and oxygen atoms in total. The van der Waals surface area contributed by atoms with Crippen LogP contribution in [0.5, 0.6) is 5.75 Å². The Morgan fingerprint density at radius 3 is 2.32 bits per heavy atom. The average molecular weight is 301 g/mol. The van der Waals surface area contributed by atoms with Crippen LogP contribution in [-0.2, 0) is 0 Å². The van der Waals surface area contributed by atoms with Gasteiger partial charge in [-0.15, -0.1) is 0 Å². The van der Waals surface area contributed by atoms with Gasteiger partial charge in [-0.3, -0.25) is 4.79 Å². The molecule has 0 unspecified atom stereocenters. The van der Waals surface area contributed by atoms with E-state index < -0.39 is 12.1 Å². The van der Waals surface area contributed by atoms with Crippen LogP contribution in [0.3, 0.4) is 0 Å². The molecule has 0 heterocycles. The van der Waals surface area contributed by atoms with Crippen molar-refractivity contribution in [2.75, 3.05) is 13.7 Å². The van der Waals surface area contributed by atoms with E-state index in [0.29, 0.717) is 16.9 Å². The Labute approximate surface area is 129 Å². The van der Waals surface area contributed by atoms with Crippen molar-refractivity contribution < 1.29 is 19.7 Å². The highest BCUT2D eigenvalue weighted by Gasteiger charge is 2.22. The summed E-state index contributed by atoms with van der Waals surface area (Å²) in [5.41, 5.74) is 1.07. The van der Waals surface area contributed by atoms with Gasteiger partial charge in [0.1, 0.15) is 11.9 Å². The van der Waals surface area contributed by atoms with Crippen molar-refractivity contribution in [3.8, 4) is 5.75 Å². The summed E-state index contributed by atoms with van der Waals surface area (Å²) in [6.45, 7) is -0.363. The minimum absolute atomic E-state index is 0.363. The van der Waals surface area contributed by atoms with E-state index >= 15 is 0 Å². The smallest absolute Gasteiger partial charge is 0.251 e. The molecular formula is C17H19NO4. The van der Waals surface area contributed by atoms with Crippen molar-refractivity contribution in [3.05, 3.63) is 65.7 Å². The van der Waals surface area contributed by atoms with Gasteiger partial charge in [-0.2, -0.15) is 0 Å². The quantitative estimate of drug-likeness (QED) is 0.756. The summed E-state index contributed by atoms with van der Waals surface area (Å²) >= 11 is 0. The first-order valence-electron chi connectivity index (χ1n) is 6.94. The number of methoxy groups -OCH3 is 1. The van der Waals surface area contributed by atoms with E-state index in [1.54, 1.807) is 55.6 Å². The molecule has 2 aromatic carbocycles. The van der Waals surface area contributed by atoms with Gasteiger partial charge in [0.15, 0.2) is 0 Å². The molecule has 2 aromatic rings. The second-order valence-corrected chi connectivity index (χ2v) is 4.85. The molecule has 2 rings (SSSR count). The van der Waals surface area contributed by atoms with Gasteiger partial charge >= 0.3 is 0 Å². The van der Waals surface area contributed by atoms with E-state index in [-0.39, 0.29) is 12.5 Å². The number of carbonyl (C=O) groups is 1. The van der Waals surface area contributed by atoms with E-state index in [9.17, 15) is 15.0 Å². The molecule has 0 aliphatic carbocycles. The molecule has 116 valence electrons. The fraction of sp³-hybridized carbons (Fsp3) is 0.235. The van der Waals surface area contributed by atoms with Gasteiger partial charge in [-0.1, -0.05) is 30.3 Å². The first-order valence-corrected chi connectivity index (χ1v) is 6.94. The average Bonchev–Trinajstić information content (AvgIpc) is 2.59. The molecule has 0 aliphatic heterocycles. The first kappa shape index (κ1) is 16.0. The van der Waals surface area contributed by atoms with E-state index in [4.69, 9.17) is 4.74 Å². The Morgan fingerprint density at radius 2 is 1.77 bits per heavy atom. The molecule has 0 radical (unpaired) electrons. The van der Waals surface area contributed by atoms with Crippen molar-refractivity contribution in [2.24, 2.45) is 0 Å². The summed E-state index contributed by atoms with van der Waals surface area (Å²) in [7, 11) is 1.55. The van der Waals surface area contributed by atoms with E-state index in [2.05, 4.69) is 5.32 Å². The van der Waals surface area contributed by atoms with Gasteiger partial charge in [0.25, 0.3) is 5.91 Å². The predicted octanol–water partition coefficient (Wildman–Crippen LogP) is 1.52. The molecule has 0 fully saturated rings. The van der Waals surface area contributed by atoms with E-state index in [0.717, 1.165) is 0 Å². The second kappa shape index (κ2) is 7.59. The van der Waals surface area contributed by atoms with E-state index in [1.165, 1.54) is 0 Å². The Kier molecular flexibility index (Phi) is 5.52. The number of ether oxygens (including phenoxy) is 1. The summed E-state index contributed by atoms with van der Waals surface area (Å²) in [4.78, 5) is 12.2. The topological polar surface area (TPSA) is 78.8 Å². The number of aliphatic hydroxyl groups is 2. The number of nitrogens with one attached hydrogen (secondary N) is 1. The first-order chi connectivity index (χ1) is 10.7. The molecule has 1 amide bonds. The van der Waals surface area contributed by atoms with Crippen LogP contribution in [0.15, 0.2) is 54.6 Å².